The Labute approximate surface area is 130 Å². The van der Waals surface area contributed by atoms with E-state index in [2.05, 4.69) is 21.2 Å². The number of rotatable bonds is 3. The smallest absolute Gasteiger partial charge is 0.255 e. The van der Waals surface area contributed by atoms with Crippen LogP contribution in [0.2, 0.25) is 5.02 Å². The lowest BCUT2D eigenvalue weighted by Crippen LogP contribution is -2.12. The van der Waals surface area contributed by atoms with Crippen molar-refractivity contribution in [2.75, 3.05) is 18.2 Å². The van der Waals surface area contributed by atoms with Gasteiger partial charge in [0, 0.05) is 15.1 Å². The fraction of sp³-hybridized carbons (Fsp3) is 0.0714. The summed E-state index contributed by atoms with van der Waals surface area (Å²) in [4.78, 5) is 12.1. The van der Waals surface area contributed by atoms with E-state index in [-0.39, 0.29) is 5.91 Å². The average Bonchev–Trinajstić information content (AvgIpc) is 2.41. The van der Waals surface area contributed by atoms with E-state index in [1.165, 1.54) is 7.11 Å². The summed E-state index contributed by atoms with van der Waals surface area (Å²) in [5, 5.41) is 3.36. The molecule has 2 rings (SSSR count). The zero-order valence-corrected chi connectivity index (χ0v) is 13.0. The van der Waals surface area contributed by atoms with E-state index in [9.17, 15) is 4.79 Å². The predicted octanol–water partition coefficient (Wildman–Crippen LogP) is 3.95. The van der Waals surface area contributed by atoms with Crippen LogP contribution in [0.25, 0.3) is 0 Å². The third kappa shape index (κ3) is 3.23. The Morgan fingerprint density at radius 2 is 2.05 bits per heavy atom. The summed E-state index contributed by atoms with van der Waals surface area (Å²) in [6.45, 7) is 0. The number of nitrogens with one attached hydrogen (secondary N) is 1. The van der Waals surface area contributed by atoms with Gasteiger partial charge >= 0.3 is 0 Å². The maximum absolute atomic E-state index is 12.1. The van der Waals surface area contributed by atoms with Crippen molar-refractivity contribution in [3.8, 4) is 5.75 Å². The highest BCUT2D eigenvalue weighted by Crippen LogP contribution is 2.27. The second-order valence-electron chi connectivity index (χ2n) is 4.04. The van der Waals surface area contributed by atoms with Crippen LogP contribution in [0.15, 0.2) is 40.9 Å². The van der Waals surface area contributed by atoms with E-state index >= 15 is 0 Å². The van der Waals surface area contributed by atoms with Crippen molar-refractivity contribution >= 4 is 44.8 Å². The Hall–Kier alpha value is -1.72. The fourth-order valence-electron chi connectivity index (χ4n) is 1.66. The summed E-state index contributed by atoms with van der Waals surface area (Å²) in [7, 11) is 1.52. The van der Waals surface area contributed by atoms with Gasteiger partial charge in [0.2, 0.25) is 0 Å². The van der Waals surface area contributed by atoms with Crippen molar-refractivity contribution < 1.29 is 9.53 Å². The van der Waals surface area contributed by atoms with Crippen LogP contribution in [-0.4, -0.2) is 13.0 Å². The molecule has 0 atom stereocenters. The molecular weight excluding hydrogens is 344 g/mol. The van der Waals surface area contributed by atoms with Crippen LogP contribution in [0.4, 0.5) is 11.4 Å². The van der Waals surface area contributed by atoms with Gasteiger partial charge < -0.3 is 15.8 Å². The standard InChI is InChI=1S/C14H12BrClN2O2/c1-20-13-5-2-8(6-11(13)17)14(19)18-12-4-3-9(16)7-10(12)15/h2-7H,17H2,1H3,(H,18,19). The molecular formula is C14H12BrClN2O2. The molecule has 2 aromatic carbocycles. The third-order valence-electron chi connectivity index (χ3n) is 2.67. The summed E-state index contributed by atoms with van der Waals surface area (Å²) in [6.07, 6.45) is 0. The highest BCUT2D eigenvalue weighted by atomic mass is 79.9. The summed E-state index contributed by atoms with van der Waals surface area (Å²) < 4.78 is 5.76. The van der Waals surface area contributed by atoms with Gasteiger partial charge in [0.1, 0.15) is 5.75 Å². The van der Waals surface area contributed by atoms with Crippen LogP contribution in [0, 0.1) is 0 Å². The molecule has 0 unspecified atom stereocenters. The topological polar surface area (TPSA) is 64.3 Å². The SMILES string of the molecule is COc1ccc(C(=O)Nc2ccc(Cl)cc2Br)cc1N. The molecule has 0 spiro atoms. The lowest BCUT2D eigenvalue weighted by Gasteiger charge is -2.09. The number of carbonyl (C=O) groups excluding carboxylic acids is 1. The molecule has 0 radical (unpaired) electrons. The van der Waals surface area contributed by atoms with E-state index in [0.717, 1.165) is 0 Å². The van der Waals surface area contributed by atoms with Crippen LogP contribution in [0.3, 0.4) is 0 Å². The maximum atomic E-state index is 12.1. The van der Waals surface area contributed by atoms with Crippen molar-refractivity contribution in [2.45, 2.75) is 0 Å². The largest absolute Gasteiger partial charge is 0.495 e. The summed E-state index contributed by atoms with van der Waals surface area (Å²) in [6, 6.07) is 9.99. The summed E-state index contributed by atoms with van der Waals surface area (Å²) in [5.41, 5.74) is 7.28. The Morgan fingerprint density at radius 3 is 2.65 bits per heavy atom. The first-order valence-electron chi connectivity index (χ1n) is 5.71. The quantitative estimate of drug-likeness (QED) is 0.820. The first-order valence-corrected chi connectivity index (χ1v) is 6.88. The molecule has 104 valence electrons. The Morgan fingerprint density at radius 1 is 1.30 bits per heavy atom. The number of benzene rings is 2. The normalized spacial score (nSPS) is 10.2. The number of anilines is 2. The average molecular weight is 356 g/mol. The second kappa shape index (κ2) is 6.15. The van der Waals surface area contributed by atoms with Gasteiger partial charge in [-0.1, -0.05) is 11.6 Å². The number of halogens is 2. The second-order valence-corrected chi connectivity index (χ2v) is 5.33. The van der Waals surface area contributed by atoms with Crippen LogP contribution < -0.4 is 15.8 Å². The van der Waals surface area contributed by atoms with Gasteiger partial charge in [-0.2, -0.15) is 0 Å². The molecule has 4 nitrogen and oxygen atoms in total. The minimum Gasteiger partial charge on any atom is -0.495 e. The minimum absolute atomic E-state index is 0.262. The van der Waals surface area contributed by atoms with Gasteiger partial charge in [-0.05, 0) is 52.3 Å². The molecule has 0 aliphatic rings. The Balaban J connectivity index is 2.21. The van der Waals surface area contributed by atoms with Gasteiger partial charge in [0.25, 0.3) is 5.91 Å². The molecule has 2 aromatic rings. The number of hydrogen-bond acceptors (Lipinski definition) is 3. The predicted molar refractivity (Wildman–Crippen MR) is 84.5 cm³/mol. The van der Waals surface area contributed by atoms with Crippen molar-refractivity contribution in [3.63, 3.8) is 0 Å². The zero-order valence-electron chi connectivity index (χ0n) is 10.6. The molecule has 0 heterocycles. The molecule has 3 N–H and O–H groups in total. The molecule has 1 amide bonds. The molecule has 0 bridgehead atoms. The number of hydrogen-bond donors (Lipinski definition) is 2. The molecule has 0 saturated heterocycles. The first-order chi connectivity index (χ1) is 9.51. The molecule has 0 aliphatic carbocycles. The zero-order chi connectivity index (χ0) is 14.7. The number of nitrogen functional groups attached to an aromatic ring is 1. The molecule has 0 fully saturated rings. The lowest BCUT2D eigenvalue weighted by molar-refractivity contribution is 0.102. The van der Waals surface area contributed by atoms with E-state index in [1.54, 1.807) is 36.4 Å². The fourth-order valence-corrected chi connectivity index (χ4v) is 2.44. The van der Waals surface area contributed by atoms with Crippen molar-refractivity contribution in [2.24, 2.45) is 0 Å². The number of carbonyl (C=O) groups is 1. The molecule has 0 aliphatic heterocycles. The lowest BCUT2D eigenvalue weighted by atomic mass is 10.1. The van der Waals surface area contributed by atoms with Crippen LogP contribution in [0.1, 0.15) is 10.4 Å². The van der Waals surface area contributed by atoms with Crippen molar-refractivity contribution in [1.29, 1.82) is 0 Å². The van der Waals surface area contributed by atoms with Gasteiger partial charge in [-0.25, -0.2) is 0 Å². The number of nitrogens with two attached hydrogens (primary N) is 1. The third-order valence-corrected chi connectivity index (χ3v) is 3.56. The molecule has 6 heteroatoms. The van der Waals surface area contributed by atoms with Gasteiger partial charge in [-0.3, -0.25) is 4.79 Å². The van der Waals surface area contributed by atoms with E-state index in [1.807, 2.05) is 0 Å². The van der Waals surface area contributed by atoms with Gasteiger partial charge in [0.05, 0.1) is 18.5 Å². The van der Waals surface area contributed by atoms with Crippen molar-refractivity contribution in [1.82, 2.24) is 0 Å². The van der Waals surface area contributed by atoms with E-state index < -0.39 is 0 Å². The van der Waals surface area contributed by atoms with E-state index in [0.29, 0.717) is 32.2 Å². The molecule has 0 aromatic heterocycles. The van der Waals surface area contributed by atoms with Crippen LogP contribution >= 0.6 is 27.5 Å². The van der Waals surface area contributed by atoms with Crippen LogP contribution in [0.5, 0.6) is 5.75 Å². The molecule has 0 saturated carbocycles. The molecule has 20 heavy (non-hydrogen) atoms. The Bertz CT molecular complexity index is 662. The van der Waals surface area contributed by atoms with Crippen LogP contribution in [-0.2, 0) is 0 Å². The summed E-state index contributed by atoms with van der Waals surface area (Å²) >= 11 is 9.19. The highest BCUT2D eigenvalue weighted by molar-refractivity contribution is 9.10. The monoisotopic (exact) mass is 354 g/mol. The summed E-state index contributed by atoms with van der Waals surface area (Å²) in [5.74, 6) is 0.275. The maximum Gasteiger partial charge on any atom is 0.255 e. The number of ether oxygens (including phenoxy) is 1. The minimum atomic E-state index is -0.262. The number of amides is 1. The number of methoxy groups -OCH3 is 1. The van der Waals surface area contributed by atoms with Gasteiger partial charge in [-0.15, -0.1) is 0 Å². The highest BCUT2D eigenvalue weighted by Gasteiger charge is 2.10. The van der Waals surface area contributed by atoms with Gasteiger partial charge in [0.15, 0.2) is 0 Å². The van der Waals surface area contributed by atoms with E-state index in [4.69, 9.17) is 22.1 Å². The Kier molecular flexibility index (Phi) is 4.52. The first kappa shape index (κ1) is 14.7. The van der Waals surface area contributed by atoms with Crippen molar-refractivity contribution in [3.05, 3.63) is 51.5 Å².